The predicted molar refractivity (Wildman–Crippen MR) is 130 cm³/mol. The SMILES string of the molecule is COc1ccc(CCN(Cc2ccccn2)C(=S)Nc2cc(Cl)ccc2C)cc1OC. The number of hydrogen-bond donors (Lipinski definition) is 1. The number of rotatable bonds is 8. The number of pyridine rings is 1. The lowest BCUT2D eigenvalue weighted by atomic mass is 10.1. The van der Waals surface area contributed by atoms with Crippen molar-refractivity contribution in [3.8, 4) is 11.5 Å². The highest BCUT2D eigenvalue weighted by molar-refractivity contribution is 7.80. The van der Waals surface area contributed by atoms with Crippen molar-refractivity contribution in [2.24, 2.45) is 0 Å². The maximum Gasteiger partial charge on any atom is 0.173 e. The zero-order valence-electron chi connectivity index (χ0n) is 17.9. The van der Waals surface area contributed by atoms with Gasteiger partial charge in [0, 0.05) is 23.5 Å². The van der Waals surface area contributed by atoms with E-state index in [0.717, 1.165) is 28.9 Å². The summed E-state index contributed by atoms with van der Waals surface area (Å²) in [6.45, 7) is 3.32. The third-order valence-electron chi connectivity index (χ3n) is 4.93. The van der Waals surface area contributed by atoms with Crippen LogP contribution in [0, 0.1) is 6.92 Å². The smallest absolute Gasteiger partial charge is 0.173 e. The van der Waals surface area contributed by atoms with Gasteiger partial charge in [-0.25, -0.2) is 0 Å². The number of anilines is 1. The highest BCUT2D eigenvalue weighted by Crippen LogP contribution is 2.28. The van der Waals surface area contributed by atoms with Gasteiger partial charge < -0.3 is 19.7 Å². The van der Waals surface area contributed by atoms with Crippen LogP contribution >= 0.6 is 23.8 Å². The largest absolute Gasteiger partial charge is 0.493 e. The summed E-state index contributed by atoms with van der Waals surface area (Å²) in [7, 11) is 3.27. The van der Waals surface area contributed by atoms with E-state index in [4.69, 9.17) is 33.3 Å². The number of aryl methyl sites for hydroxylation is 1. The summed E-state index contributed by atoms with van der Waals surface area (Å²) >= 11 is 11.9. The summed E-state index contributed by atoms with van der Waals surface area (Å²) in [5.41, 5.74) is 4.05. The van der Waals surface area contributed by atoms with Crippen LogP contribution in [0.3, 0.4) is 0 Å². The van der Waals surface area contributed by atoms with Crippen molar-refractivity contribution >= 4 is 34.6 Å². The van der Waals surface area contributed by atoms with E-state index in [1.165, 1.54) is 0 Å². The van der Waals surface area contributed by atoms with Gasteiger partial charge in [-0.3, -0.25) is 4.98 Å². The first-order valence-electron chi connectivity index (χ1n) is 9.93. The maximum atomic E-state index is 6.18. The number of thiocarbonyl (C=S) groups is 1. The molecule has 31 heavy (non-hydrogen) atoms. The molecule has 0 aliphatic carbocycles. The second-order valence-corrected chi connectivity index (χ2v) is 7.89. The second-order valence-electron chi connectivity index (χ2n) is 7.07. The van der Waals surface area contributed by atoms with E-state index < -0.39 is 0 Å². The van der Waals surface area contributed by atoms with E-state index in [9.17, 15) is 0 Å². The molecule has 2 aromatic carbocycles. The molecule has 1 aromatic heterocycles. The summed E-state index contributed by atoms with van der Waals surface area (Å²) in [6.07, 6.45) is 2.57. The van der Waals surface area contributed by atoms with Crippen molar-refractivity contribution in [2.45, 2.75) is 19.9 Å². The van der Waals surface area contributed by atoms with E-state index in [-0.39, 0.29) is 0 Å². The normalized spacial score (nSPS) is 10.5. The Morgan fingerprint density at radius 1 is 1.06 bits per heavy atom. The zero-order valence-corrected chi connectivity index (χ0v) is 19.5. The third kappa shape index (κ3) is 6.32. The fourth-order valence-electron chi connectivity index (χ4n) is 3.16. The molecule has 162 valence electrons. The van der Waals surface area contributed by atoms with Crippen LogP contribution in [0.15, 0.2) is 60.8 Å². The fraction of sp³-hybridized carbons (Fsp3) is 0.250. The van der Waals surface area contributed by atoms with Crippen molar-refractivity contribution in [3.63, 3.8) is 0 Å². The first kappa shape index (κ1) is 22.8. The van der Waals surface area contributed by atoms with Gasteiger partial charge in [0.15, 0.2) is 16.6 Å². The van der Waals surface area contributed by atoms with Crippen LogP contribution in [0.25, 0.3) is 0 Å². The minimum Gasteiger partial charge on any atom is -0.493 e. The summed E-state index contributed by atoms with van der Waals surface area (Å²) in [5.74, 6) is 1.43. The number of methoxy groups -OCH3 is 2. The molecule has 0 fully saturated rings. The van der Waals surface area contributed by atoms with Crippen LogP contribution in [-0.4, -0.2) is 35.8 Å². The Hall–Kier alpha value is -2.83. The molecule has 0 amide bonds. The Bertz CT molecular complexity index is 1030. The average molecular weight is 456 g/mol. The van der Waals surface area contributed by atoms with E-state index >= 15 is 0 Å². The highest BCUT2D eigenvalue weighted by atomic mass is 35.5. The van der Waals surface area contributed by atoms with Gasteiger partial charge in [0.2, 0.25) is 0 Å². The number of aromatic nitrogens is 1. The monoisotopic (exact) mass is 455 g/mol. The molecule has 1 N–H and O–H groups in total. The molecule has 0 unspecified atom stereocenters. The lowest BCUT2D eigenvalue weighted by molar-refractivity contribution is 0.354. The molecule has 0 saturated heterocycles. The molecule has 5 nitrogen and oxygen atoms in total. The number of halogens is 1. The summed E-state index contributed by atoms with van der Waals surface area (Å²) < 4.78 is 10.8. The van der Waals surface area contributed by atoms with Crippen LogP contribution in [0.2, 0.25) is 5.02 Å². The van der Waals surface area contributed by atoms with E-state index in [2.05, 4.69) is 15.2 Å². The molecular formula is C24H26ClN3O2S. The first-order valence-corrected chi connectivity index (χ1v) is 10.7. The van der Waals surface area contributed by atoms with Gasteiger partial charge in [0.05, 0.1) is 26.5 Å². The summed E-state index contributed by atoms with van der Waals surface area (Å²) in [4.78, 5) is 6.56. The molecule has 0 saturated carbocycles. The Morgan fingerprint density at radius 3 is 2.58 bits per heavy atom. The Morgan fingerprint density at radius 2 is 1.87 bits per heavy atom. The molecule has 3 aromatic rings. The van der Waals surface area contributed by atoms with E-state index in [1.54, 1.807) is 20.4 Å². The second kappa shape index (κ2) is 11.0. The summed E-state index contributed by atoms with van der Waals surface area (Å²) in [6, 6.07) is 17.6. The first-order chi connectivity index (χ1) is 15.0. The molecule has 0 aliphatic heterocycles. The molecular weight excluding hydrogens is 430 g/mol. The van der Waals surface area contributed by atoms with Crippen molar-refractivity contribution < 1.29 is 9.47 Å². The number of nitrogens with zero attached hydrogens (tertiary/aromatic N) is 2. The maximum absolute atomic E-state index is 6.18. The molecule has 0 spiro atoms. The number of benzene rings is 2. The standard InChI is InChI=1S/C24H26ClN3O2S/c1-17-7-9-19(25)15-21(17)27-24(31)28(16-20-6-4-5-12-26-20)13-11-18-8-10-22(29-2)23(14-18)30-3/h4-10,12,14-15H,11,13,16H2,1-3H3,(H,27,31). The van der Waals surface area contributed by atoms with Gasteiger partial charge in [0.25, 0.3) is 0 Å². The van der Waals surface area contributed by atoms with Crippen LogP contribution in [0.1, 0.15) is 16.8 Å². The van der Waals surface area contributed by atoms with Gasteiger partial charge in [0.1, 0.15) is 0 Å². The number of nitrogens with one attached hydrogen (secondary N) is 1. The van der Waals surface area contributed by atoms with Gasteiger partial charge in [-0.1, -0.05) is 29.8 Å². The Balaban J connectivity index is 1.77. The topological polar surface area (TPSA) is 46.6 Å². The molecule has 0 radical (unpaired) electrons. The van der Waals surface area contributed by atoms with E-state index in [1.807, 2.05) is 61.5 Å². The van der Waals surface area contributed by atoms with Gasteiger partial charge in [-0.05, 0) is 73.1 Å². The quantitative estimate of drug-likeness (QED) is 0.452. The zero-order chi connectivity index (χ0) is 22.2. The molecule has 7 heteroatoms. The minimum atomic E-state index is 0.597. The van der Waals surface area contributed by atoms with Crippen molar-refractivity contribution in [3.05, 3.63) is 82.6 Å². The Labute approximate surface area is 194 Å². The average Bonchev–Trinajstić information content (AvgIpc) is 2.79. The molecule has 0 bridgehead atoms. The van der Waals surface area contributed by atoms with Crippen LogP contribution in [0.5, 0.6) is 11.5 Å². The molecule has 0 atom stereocenters. The van der Waals surface area contributed by atoms with Gasteiger partial charge in [-0.2, -0.15) is 0 Å². The molecule has 3 rings (SSSR count). The highest BCUT2D eigenvalue weighted by Gasteiger charge is 2.14. The molecule has 1 heterocycles. The van der Waals surface area contributed by atoms with Crippen LogP contribution in [-0.2, 0) is 13.0 Å². The number of hydrogen-bond acceptors (Lipinski definition) is 4. The van der Waals surface area contributed by atoms with Crippen molar-refractivity contribution in [1.82, 2.24) is 9.88 Å². The Kier molecular flexibility index (Phi) is 8.09. The third-order valence-corrected chi connectivity index (χ3v) is 5.52. The van der Waals surface area contributed by atoms with Gasteiger partial charge >= 0.3 is 0 Å². The lowest BCUT2D eigenvalue weighted by Gasteiger charge is -2.26. The summed E-state index contributed by atoms with van der Waals surface area (Å²) in [5, 5.41) is 4.64. The fourth-order valence-corrected chi connectivity index (χ4v) is 3.60. The van der Waals surface area contributed by atoms with E-state index in [0.29, 0.717) is 34.7 Å². The minimum absolute atomic E-state index is 0.597. The van der Waals surface area contributed by atoms with Crippen LogP contribution < -0.4 is 14.8 Å². The molecule has 0 aliphatic rings. The van der Waals surface area contributed by atoms with Gasteiger partial charge in [-0.15, -0.1) is 0 Å². The van der Waals surface area contributed by atoms with Crippen molar-refractivity contribution in [1.29, 1.82) is 0 Å². The van der Waals surface area contributed by atoms with Crippen molar-refractivity contribution in [2.75, 3.05) is 26.1 Å². The lowest BCUT2D eigenvalue weighted by Crippen LogP contribution is -2.36. The number of ether oxygens (including phenoxy) is 2. The van der Waals surface area contributed by atoms with Crippen LogP contribution in [0.4, 0.5) is 5.69 Å². The predicted octanol–water partition coefficient (Wildman–Crippen LogP) is 5.50.